The highest BCUT2D eigenvalue weighted by Crippen LogP contribution is 2.29. The summed E-state index contributed by atoms with van der Waals surface area (Å²) in [5.41, 5.74) is 0.250. The molecule has 0 aliphatic heterocycles. The molecule has 0 aliphatic rings. The summed E-state index contributed by atoms with van der Waals surface area (Å²) in [6, 6.07) is 6.70. The number of carboxylic acids is 1. The molecule has 0 heterocycles. The van der Waals surface area contributed by atoms with Crippen molar-refractivity contribution >= 4 is 12.0 Å². The maximum atomic E-state index is 10.8. The molecule has 1 aromatic carbocycles. The van der Waals surface area contributed by atoms with Crippen molar-refractivity contribution in [3.05, 3.63) is 29.3 Å². The van der Waals surface area contributed by atoms with Crippen LogP contribution >= 0.6 is 0 Å². The highest BCUT2D eigenvalue weighted by Gasteiger charge is 2.08. The number of nitriles is 1. The minimum Gasteiger partial charge on any atom is -0.493 e. The van der Waals surface area contributed by atoms with Gasteiger partial charge in [-0.2, -0.15) is 5.26 Å². The van der Waals surface area contributed by atoms with Crippen molar-refractivity contribution in [3.8, 4) is 17.6 Å². The Kier molecular flexibility index (Phi) is 6.82. The predicted molar refractivity (Wildman–Crippen MR) is 79.2 cm³/mol. The molecule has 112 valence electrons. The normalized spacial score (nSPS) is 10.8. The van der Waals surface area contributed by atoms with Gasteiger partial charge in [-0.1, -0.05) is 25.8 Å². The summed E-state index contributed by atoms with van der Waals surface area (Å²) >= 11 is 0. The molecule has 0 spiro atoms. The molecule has 0 atom stereocenters. The average Bonchev–Trinajstić information content (AvgIpc) is 2.49. The zero-order valence-corrected chi connectivity index (χ0v) is 12.3. The number of unbranched alkanes of at least 4 members (excludes halogenated alkanes) is 2. The molecule has 0 aliphatic carbocycles. The van der Waals surface area contributed by atoms with Gasteiger partial charge in [0.1, 0.15) is 11.6 Å². The summed E-state index contributed by atoms with van der Waals surface area (Å²) in [6.07, 6.45) is 4.49. The van der Waals surface area contributed by atoms with Gasteiger partial charge >= 0.3 is 5.97 Å². The number of aliphatic carboxylic acids is 1. The largest absolute Gasteiger partial charge is 0.493 e. The molecule has 0 saturated carbocycles. The molecule has 1 rings (SSSR count). The van der Waals surface area contributed by atoms with Crippen molar-refractivity contribution in [1.82, 2.24) is 0 Å². The Bertz CT molecular complexity index is 558. The third kappa shape index (κ3) is 5.19. The number of hydrogen-bond donors (Lipinski definition) is 1. The van der Waals surface area contributed by atoms with Crippen LogP contribution in [0.1, 0.15) is 31.7 Å². The molecule has 0 fully saturated rings. The molecular weight excluding hydrogens is 270 g/mol. The van der Waals surface area contributed by atoms with Crippen molar-refractivity contribution < 1.29 is 19.4 Å². The molecule has 0 radical (unpaired) electrons. The number of nitrogens with zero attached hydrogens (tertiary/aromatic N) is 1. The van der Waals surface area contributed by atoms with Gasteiger partial charge in [0.25, 0.3) is 0 Å². The Morgan fingerprint density at radius 1 is 1.38 bits per heavy atom. The Balaban J connectivity index is 2.88. The van der Waals surface area contributed by atoms with E-state index in [1.807, 2.05) is 0 Å². The first-order chi connectivity index (χ1) is 10.1. The second-order valence-electron chi connectivity index (χ2n) is 4.44. The van der Waals surface area contributed by atoms with Gasteiger partial charge in [0.05, 0.1) is 13.7 Å². The second kappa shape index (κ2) is 8.64. The van der Waals surface area contributed by atoms with Crippen molar-refractivity contribution in [2.45, 2.75) is 26.2 Å². The van der Waals surface area contributed by atoms with E-state index in [2.05, 4.69) is 6.92 Å². The molecule has 5 heteroatoms. The lowest BCUT2D eigenvalue weighted by Crippen LogP contribution is -2.00. The Morgan fingerprint density at radius 3 is 2.71 bits per heavy atom. The first-order valence-electron chi connectivity index (χ1n) is 6.78. The van der Waals surface area contributed by atoms with Crippen LogP contribution in [0.5, 0.6) is 11.5 Å². The van der Waals surface area contributed by atoms with Crippen molar-refractivity contribution in [2.75, 3.05) is 13.7 Å². The van der Waals surface area contributed by atoms with E-state index >= 15 is 0 Å². The molecule has 21 heavy (non-hydrogen) atoms. The van der Waals surface area contributed by atoms with Gasteiger partial charge in [0.15, 0.2) is 11.5 Å². The Morgan fingerprint density at radius 2 is 2.14 bits per heavy atom. The maximum Gasteiger partial charge on any atom is 0.346 e. The molecule has 0 aromatic heterocycles. The minimum absolute atomic E-state index is 0.325. The summed E-state index contributed by atoms with van der Waals surface area (Å²) in [7, 11) is 1.52. The lowest BCUT2D eigenvalue weighted by atomic mass is 10.1. The van der Waals surface area contributed by atoms with Crippen LogP contribution in [-0.4, -0.2) is 24.8 Å². The van der Waals surface area contributed by atoms with Crippen LogP contribution < -0.4 is 9.47 Å². The number of rotatable bonds is 8. The standard InChI is InChI=1S/C16H19NO4/c1-3-4-5-8-21-14-7-6-12(10-15(14)20-2)9-13(11-17)16(18)19/h6-7,9-10H,3-5,8H2,1-2H3,(H,18,19). The summed E-state index contributed by atoms with van der Waals surface area (Å²) in [6.45, 7) is 2.73. The predicted octanol–water partition coefficient (Wildman–Crippen LogP) is 3.26. The van der Waals surface area contributed by atoms with Crippen molar-refractivity contribution in [2.24, 2.45) is 0 Å². The molecule has 0 unspecified atom stereocenters. The third-order valence-corrected chi connectivity index (χ3v) is 2.86. The summed E-state index contributed by atoms with van der Waals surface area (Å²) < 4.78 is 10.9. The Hall–Kier alpha value is -2.48. The molecule has 0 bridgehead atoms. The fraction of sp³-hybridized carbons (Fsp3) is 0.375. The maximum absolute atomic E-state index is 10.8. The van der Waals surface area contributed by atoms with Crippen LogP contribution in [0.3, 0.4) is 0 Å². The minimum atomic E-state index is -1.25. The molecule has 0 saturated heterocycles. The van der Waals surface area contributed by atoms with E-state index in [0.29, 0.717) is 23.7 Å². The summed E-state index contributed by atoms with van der Waals surface area (Å²) in [5.74, 6) is -0.126. The smallest absolute Gasteiger partial charge is 0.346 e. The van der Waals surface area contributed by atoms with E-state index in [1.54, 1.807) is 24.3 Å². The number of ether oxygens (including phenoxy) is 2. The van der Waals surface area contributed by atoms with Crippen molar-refractivity contribution in [3.63, 3.8) is 0 Å². The second-order valence-corrected chi connectivity index (χ2v) is 4.44. The lowest BCUT2D eigenvalue weighted by Gasteiger charge is -2.11. The highest BCUT2D eigenvalue weighted by molar-refractivity contribution is 5.96. The van der Waals surface area contributed by atoms with Crippen LogP contribution in [0.25, 0.3) is 6.08 Å². The molecule has 0 amide bonds. The Labute approximate surface area is 124 Å². The number of carbonyl (C=O) groups is 1. The van der Waals surface area contributed by atoms with Crippen LogP contribution in [0.2, 0.25) is 0 Å². The zero-order chi connectivity index (χ0) is 15.7. The number of carboxylic acid groups (broad SMARTS) is 1. The number of benzene rings is 1. The fourth-order valence-electron chi connectivity index (χ4n) is 1.74. The van der Waals surface area contributed by atoms with Crippen LogP contribution in [0, 0.1) is 11.3 Å². The first-order valence-corrected chi connectivity index (χ1v) is 6.78. The van der Waals surface area contributed by atoms with Gasteiger partial charge in [-0.05, 0) is 30.2 Å². The van der Waals surface area contributed by atoms with Gasteiger partial charge in [-0.3, -0.25) is 0 Å². The van der Waals surface area contributed by atoms with Gasteiger partial charge in [0, 0.05) is 0 Å². The van der Waals surface area contributed by atoms with Crippen LogP contribution in [-0.2, 0) is 4.79 Å². The average molecular weight is 289 g/mol. The van der Waals surface area contributed by atoms with Gasteiger partial charge in [0.2, 0.25) is 0 Å². The highest BCUT2D eigenvalue weighted by atomic mass is 16.5. The molecule has 5 nitrogen and oxygen atoms in total. The van der Waals surface area contributed by atoms with E-state index in [-0.39, 0.29) is 5.57 Å². The van der Waals surface area contributed by atoms with Crippen molar-refractivity contribution in [1.29, 1.82) is 5.26 Å². The van der Waals surface area contributed by atoms with Crippen LogP contribution in [0.15, 0.2) is 23.8 Å². The van der Waals surface area contributed by atoms with E-state index in [0.717, 1.165) is 19.3 Å². The molecule has 1 N–H and O–H groups in total. The fourth-order valence-corrected chi connectivity index (χ4v) is 1.74. The topological polar surface area (TPSA) is 79.5 Å². The lowest BCUT2D eigenvalue weighted by molar-refractivity contribution is -0.132. The monoisotopic (exact) mass is 289 g/mol. The van der Waals surface area contributed by atoms with Gasteiger partial charge < -0.3 is 14.6 Å². The summed E-state index contributed by atoms with van der Waals surface area (Å²) in [4.78, 5) is 10.8. The summed E-state index contributed by atoms with van der Waals surface area (Å²) in [5, 5.41) is 17.6. The zero-order valence-electron chi connectivity index (χ0n) is 12.3. The quantitative estimate of drug-likeness (QED) is 0.451. The first kappa shape index (κ1) is 16.6. The van der Waals surface area contributed by atoms with E-state index < -0.39 is 5.97 Å². The number of methoxy groups -OCH3 is 1. The van der Waals surface area contributed by atoms with E-state index in [9.17, 15) is 4.79 Å². The molecule has 1 aromatic rings. The van der Waals surface area contributed by atoms with Crippen LogP contribution in [0.4, 0.5) is 0 Å². The molecular formula is C16H19NO4. The third-order valence-electron chi connectivity index (χ3n) is 2.86. The van der Waals surface area contributed by atoms with Gasteiger partial charge in [-0.25, -0.2) is 4.79 Å². The SMILES string of the molecule is CCCCCOc1ccc(C=C(C#N)C(=O)O)cc1OC. The van der Waals surface area contributed by atoms with Gasteiger partial charge in [-0.15, -0.1) is 0 Å². The van der Waals surface area contributed by atoms with E-state index in [1.165, 1.54) is 13.2 Å². The number of hydrogen-bond acceptors (Lipinski definition) is 4. The van der Waals surface area contributed by atoms with E-state index in [4.69, 9.17) is 19.8 Å².